The maximum Gasteiger partial charge on any atom is 0.240 e. The second kappa shape index (κ2) is 6.58. The normalized spacial score (nSPS) is 14.9. The minimum atomic E-state index is -3.34. The molecular weight excluding hydrogens is 210 g/mol. The largest absolute Gasteiger partial charge is 0.240 e. The molecule has 0 atom stereocenters. The van der Waals surface area contributed by atoms with Crippen LogP contribution in [0, 0.1) is 0 Å². The first-order chi connectivity index (χ1) is 7.03. The third-order valence-electron chi connectivity index (χ3n) is 2.01. The summed E-state index contributed by atoms with van der Waals surface area (Å²) in [6, 6.07) is 0. The molecule has 0 aliphatic heterocycles. The van der Waals surface area contributed by atoms with Gasteiger partial charge in [0.1, 0.15) is 0 Å². The van der Waals surface area contributed by atoms with Gasteiger partial charge in [0.25, 0.3) is 0 Å². The van der Waals surface area contributed by atoms with Crippen LogP contribution in [0.5, 0.6) is 0 Å². The molecule has 0 aromatic carbocycles. The molecule has 1 N–H and O–H groups in total. The summed E-state index contributed by atoms with van der Waals surface area (Å²) in [6.45, 7) is 5.55. The van der Waals surface area contributed by atoms with Gasteiger partial charge in [-0.15, -0.1) is 0 Å². The average molecular weight is 229 g/mol. The second-order valence-electron chi connectivity index (χ2n) is 2.93. The van der Waals surface area contributed by atoms with Crippen molar-refractivity contribution in [1.29, 1.82) is 0 Å². The third kappa shape index (κ3) is 4.01. The molecule has 0 spiro atoms. The third-order valence-corrected chi connectivity index (χ3v) is 3.62. The van der Waals surface area contributed by atoms with E-state index in [4.69, 9.17) is 0 Å². The molecule has 15 heavy (non-hydrogen) atoms. The van der Waals surface area contributed by atoms with Gasteiger partial charge < -0.3 is 0 Å². The highest BCUT2D eigenvalue weighted by Crippen LogP contribution is 2.19. The van der Waals surface area contributed by atoms with Gasteiger partial charge in [0.05, 0.1) is 4.91 Å². The van der Waals surface area contributed by atoms with Crippen LogP contribution in [0.2, 0.25) is 0 Å². The Morgan fingerprint density at radius 1 is 1.33 bits per heavy atom. The Morgan fingerprint density at radius 3 is 2.27 bits per heavy atom. The number of hydrogen-bond donors (Lipinski definition) is 1. The molecule has 0 bridgehead atoms. The smallest absolute Gasteiger partial charge is 0.214 e. The number of hydrogen-bond acceptors (Lipinski definition) is 2. The van der Waals surface area contributed by atoms with Crippen molar-refractivity contribution in [3.63, 3.8) is 0 Å². The van der Waals surface area contributed by atoms with Gasteiger partial charge in [-0.3, -0.25) is 0 Å². The van der Waals surface area contributed by atoms with Crippen molar-refractivity contribution >= 4 is 10.0 Å². The topological polar surface area (TPSA) is 46.2 Å². The summed E-state index contributed by atoms with van der Waals surface area (Å²) in [4.78, 5) is 0.352. The van der Waals surface area contributed by atoms with E-state index in [0.29, 0.717) is 11.3 Å². The first-order valence-corrected chi connectivity index (χ1v) is 6.43. The van der Waals surface area contributed by atoms with Crippen LogP contribution < -0.4 is 4.72 Å². The minimum absolute atomic E-state index is 0.352. The van der Waals surface area contributed by atoms with E-state index in [2.05, 4.69) is 4.72 Å². The Labute approximate surface area is 92.6 Å². The van der Waals surface area contributed by atoms with Crippen LogP contribution in [0.3, 0.4) is 0 Å². The molecule has 0 heterocycles. The molecule has 0 radical (unpaired) electrons. The molecule has 0 aliphatic rings. The van der Waals surface area contributed by atoms with Gasteiger partial charge in [0, 0.05) is 0 Å². The molecular formula is C11H19NO2S. The van der Waals surface area contributed by atoms with Gasteiger partial charge in [-0.2, -0.15) is 0 Å². The zero-order chi connectivity index (χ0) is 11.9. The van der Waals surface area contributed by atoms with E-state index in [9.17, 15) is 8.42 Å². The summed E-state index contributed by atoms with van der Waals surface area (Å²) in [6.07, 6.45) is 7.84. The zero-order valence-corrected chi connectivity index (χ0v) is 10.6. The molecule has 0 unspecified atom stereocenters. The van der Waals surface area contributed by atoms with E-state index in [1.54, 1.807) is 13.0 Å². The van der Waals surface area contributed by atoms with Gasteiger partial charge >= 0.3 is 0 Å². The quantitative estimate of drug-likeness (QED) is 0.736. The Balaban J connectivity index is 5.32. The Hall–Kier alpha value is -0.870. The number of rotatable bonds is 5. The van der Waals surface area contributed by atoms with Gasteiger partial charge in [-0.1, -0.05) is 31.2 Å². The van der Waals surface area contributed by atoms with Gasteiger partial charge in [0.15, 0.2) is 0 Å². The van der Waals surface area contributed by atoms with E-state index in [1.807, 2.05) is 32.1 Å². The second-order valence-corrected chi connectivity index (χ2v) is 4.79. The molecule has 0 rings (SSSR count). The Bertz CT molecular complexity index is 375. The molecule has 0 amide bonds. The average Bonchev–Trinajstić information content (AvgIpc) is 2.23. The lowest BCUT2D eigenvalue weighted by Gasteiger charge is -2.09. The fourth-order valence-corrected chi connectivity index (χ4v) is 2.30. The SMILES string of the molecule is C\C=C/C=C(CC)\C(=C/C)S(=O)(=O)NC. The molecule has 0 saturated carbocycles. The molecule has 0 aromatic rings. The number of sulfonamides is 1. The zero-order valence-electron chi connectivity index (χ0n) is 9.74. The van der Waals surface area contributed by atoms with Gasteiger partial charge in [-0.25, -0.2) is 13.1 Å². The lowest BCUT2D eigenvalue weighted by atomic mass is 10.1. The Morgan fingerprint density at radius 2 is 1.93 bits per heavy atom. The van der Waals surface area contributed by atoms with Crippen LogP contribution in [-0.2, 0) is 10.0 Å². The van der Waals surface area contributed by atoms with Gasteiger partial charge in [0.2, 0.25) is 10.0 Å². The highest BCUT2D eigenvalue weighted by molar-refractivity contribution is 7.93. The molecule has 0 aliphatic carbocycles. The summed E-state index contributed by atoms with van der Waals surface area (Å²) in [5.41, 5.74) is 0.810. The first kappa shape index (κ1) is 14.1. The van der Waals surface area contributed by atoms with Crippen molar-refractivity contribution in [2.24, 2.45) is 0 Å². The maximum atomic E-state index is 11.6. The minimum Gasteiger partial charge on any atom is -0.214 e. The van der Waals surface area contributed by atoms with Gasteiger partial charge in [-0.05, 0) is 32.9 Å². The highest BCUT2D eigenvalue weighted by atomic mass is 32.2. The summed E-state index contributed by atoms with van der Waals surface area (Å²) in [5.74, 6) is 0. The fourth-order valence-electron chi connectivity index (χ4n) is 1.21. The lowest BCUT2D eigenvalue weighted by molar-refractivity contribution is 0.594. The van der Waals surface area contributed by atoms with Crippen molar-refractivity contribution in [3.8, 4) is 0 Å². The van der Waals surface area contributed by atoms with Crippen LogP contribution in [-0.4, -0.2) is 15.5 Å². The van der Waals surface area contributed by atoms with Crippen LogP contribution in [0.4, 0.5) is 0 Å². The van der Waals surface area contributed by atoms with Crippen molar-refractivity contribution in [2.45, 2.75) is 27.2 Å². The standard InChI is InChI=1S/C11H19NO2S/c1-5-8-9-10(6-2)11(7-3)15(13,14)12-4/h5,7-9,12H,6H2,1-4H3/b8-5-,10-9-,11-7+. The van der Waals surface area contributed by atoms with Crippen LogP contribution in [0.15, 0.2) is 34.8 Å². The van der Waals surface area contributed by atoms with Crippen molar-refractivity contribution in [1.82, 2.24) is 4.72 Å². The summed E-state index contributed by atoms with van der Waals surface area (Å²) < 4.78 is 25.6. The monoisotopic (exact) mass is 229 g/mol. The predicted octanol–water partition coefficient (Wildman–Crippen LogP) is 2.35. The summed E-state index contributed by atoms with van der Waals surface area (Å²) >= 11 is 0. The number of allylic oxidation sites excluding steroid dienone is 5. The van der Waals surface area contributed by atoms with Crippen molar-refractivity contribution in [2.75, 3.05) is 7.05 Å². The van der Waals surface area contributed by atoms with E-state index < -0.39 is 10.0 Å². The molecule has 0 fully saturated rings. The van der Waals surface area contributed by atoms with Crippen LogP contribution in [0.25, 0.3) is 0 Å². The number of nitrogens with one attached hydrogen (secondary N) is 1. The van der Waals surface area contributed by atoms with Crippen LogP contribution >= 0.6 is 0 Å². The molecule has 4 heteroatoms. The van der Waals surface area contributed by atoms with Crippen molar-refractivity contribution in [3.05, 3.63) is 34.8 Å². The molecule has 3 nitrogen and oxygen atoms in total. The summed E-state index contributed by atoms with van der Waals surface area (Å²) in [5, 5.41) is 0. The van der Waals surface area contributed by atoms with E-state index in [0.717, 1.165) is 5.57 Å². The predicted molar refractivity (Wildman–Crippen MR) is 64.9 cm³/mol. The maximum absolute atomic E-state index is 11.6. The van der Waals surface area contributed by atoms with Crippen molar-refractivity contribution < 1.29 is 8.42 Å². The van der Waals surface area contributed by atoms with Crippen LogP contribution in [0.1, 0.15) is 27.2 Å². The van der Waals surface area contributed by atoms with E-state index >= 15 is 0 Å². The highest BCUT2D eigenvalue weighted by Gasteiger charge is 2.16. The first-order valence-electron chi connectivity index (χ1n) is 4.95. The Kier molecular flexibility index (Phi) is 6.20. The molecule has 86 valence electrons. The van der Waals surface area contributed by atoms with E-state index in [-0.39, 0.29) is 0 Å². The molecule has 0 saturated heterocycles. The summed E-state index contributed by atoms with van der Waals surface area (Å²) in [7, 11) is -1.92. The fraction of sp³-hybridized carbons (Fsp3) is 0.455. The lowest BCUT2D eigenvalue weighted by Crippen LogP contribution is -2.21. The van der Waals surface area contributed by atoms with E-state index in [1.165, 1.54) is 7.05 Å². The molecule has 0 aromatic heterocycles.